The number of carbonyl (C=O) groups excluding carboxylic acids is 2. The summed E-state index contributed by atoms with van der Waals surface area (Å²) in [4.78, 5) is 26.3. The minimum Gasteiger partial charge on any atom is -0.467 e. The molecule has 1 aliphatic heterocycles. The molecule has 0 unspecified atom stereocenters. The Hall–Kier alpha value is -2.82. The highest BCUT2D eigenvalue weighted by Gasteiger charge is 2.29. The van der Waals surface area contributed by atoms with Gasteiger partial charge in [-0.3, -0.25) is 4.90 Å². The molecule has 0 saturated heterocycles. The standard InChI is InChI=1S/C18H18N2O3/c1-23-17(21)16(14-8-3-2-4-9-14)19-18(22)20-12-11-13-7-5-6-10-15(13)20/h2-10,16H,11-12H2,1H3,(H,19,22)/t16-/m1/s1. The van der Waals surface area contributed by atoms with Gasteiger partial charge in [0.1, 0.15) is 0 Å². The summed E-state index contributed by atoms with van der Waals surface area (Å²) in [6.45, 7) is 0.605. The van der Waals surface area contributed by atoms with Gasteiger partial charge in [-0.15, -0.1) is 0 Å². The topological polar surface area (TPSA) is 58.6 Å². The van der Waals surface area contributed by atoms with Crippen molar-refractivity contribution in [2.45, 2.75) is 12.5 Å². The Morgan fingerprint density at radius 1 is 1.09 bits per heavy atom. The molecule has 1 atom stereocenters. The van der Waals surface area contributed by atoms with Crippen LogP contribution in [0.3, 0.4) is 0 Å². The molecule has 2 aromatic rings. The van der Waals surface area contributed by atoms with Crippen molar-refractivity contribution in [3.05, 3.63) is 65.7 Å². The first-order chi connectivity index (χ1) is 11.2. The predicted molar refractivity (Wildman–Crippen MR) is 87.2 cm³/mol. The number of carbonyl (C=O) groups is 2. The number of hydrogen-bond donors (Lipinski definition) is 1. The van der Waals surface area contributed by atoms with Crippen LogP contribution in [0.15, 0.2) is 54.6 Å². The van der Waals surface area contributed by atoms with E-state index in [2.05, 4.69) is 5.32 Å². The van der Waals surface area contributed by atoms with Crippen LogP contribution >= 0.6 is 0 Å². The molecule has 0 aliphatic carbocycles. The molecule has 3 rings (SSSR count). The number of anilines is 1. The summed E-state index contributed by atoms with van der Waals surface area (Å²) >= 11 is 0. The third-order valence-corrected chi connectivity index (χ3v) is 3.97. The van der Waals surface area contributed by atoms with Gasteiger partial charge in [-0.2, -0.15) is 0 Å². The number of nitrogens with one attached hydrogen (secondary N) is 1. The Morgan fingerprint density at radius 2 is 1.78 bits per heavy atom. The molecule has 5 nitrogen and oxygen atoms in total. The predicted octanol–water partition coefficient (Wildman–Crippen LogP) is 2.67. The van der Waals surface area contributed by atoms with Crippen LogP contribution in [-0.2, 0) is 16.0 Å². The average Bonchev–Trinajstić information content (AvgIpc) is 3.04. The summed E-state index contributed by atoms with van der Waals surface area (Å²) < 4.78 is 4.83. The molecule has 0 spiro atoms. The Morgan fingerprint density at radius 3 is 2.52 bits per heavy atom. The van der Waals surface area contributed by atoms with Crippen LogP contribution < -0.4 is 10.2 Å². The molecule has 0 aromatic heterocycles. The van der Waals surface area contributed by atoms with Crippen molar-refractivity contribution < 1.29 is 14.3 Å². The molecule has 5 heteroatoms. The molecule has 2 amide bonds. The highest BCUT2D eigenvalue weighted by atomic mass is 16.5. The minimum atomic E-state index is -0.818. The number of fused-ring (bicyclic) bond motifs is 1. The van der Waals surface area contributed by atoms with E-state index < -0.39 is 12.0 Å². The first kappa shape index (κ1) is 15.1. The number of esters is 1. The first-order valence-electron chi connectivity index (χ1n) is 7.49. The van der Waals surface area contributed by atoms with E-state index in [1.165, 1.54) is 7.11 Å². The highest BCUT2D eigenvalue weighted by molar-refractivity contribution is 5.96. The molecular formula is C18H18N2O3. The number of nitrogens with zero attached hydrogens (tertiary/aromatic N) is 1. The van der Waals surface area contributed by atoms with Gasteiger partial charge in [0.2, 0.25) is 0 Å². The van der Waals surface area contributed by atoms with Crippen molar-refractivity contribution in [1.29, 1.82) is 0 Å². The fourth-order valence-electron chi connectivity index (χ4n) is 2.79. The maximum atomic E-state index is 12.6. The van der Waals surface area contributed by atoms with Crippen LogP contribution in [0.25, 0.3) is 0 Å². The van der Waals surface area contributed by atoms with Crippen molar-refractivity contribution in [2.75, 3.05) is 18.6 Å². The summed E-state index contributed by atoms with van der Waals surface area (Å²) in [6, 6.07) is 15.8. The number of methoxy groups -OCH3 is 1. The Kier molecular flexibility index (Phi) is 4.28. The second kappa shape index (κ2) is 6.52. The summed E-state index contributed by atoms with van der Waals surface area (Å²) in [5, 5.41) is 2.78. The number of para-hydroxylation sites is 1. The second-order valence-electron chi connectivity index (χ2n) is 5.35. The fraction of sp³-hybridized carbons (Fsp3) is 0.222. The van der Waals surface area contributed by atoms with E-state index in [0.717, 1.165) is 17.7 Å². The lowest BCUT2D eigenvalue weighted by Crippen LogP contribution is -2.43. The third kappa shape index (κ3) is 3.04. The van der Waals surface area contributed by atoms with Gasteiger partial charge in [-0.1, -0.05) is 48.5 Å². The Balaban J connectivity index is 1.81. The zero-order valence-corrected chi connectivity index (χ0v) is 12.9. The van der Waals surface area contributed by atoms with E-state index in [1.54, 1.807) is 17.0 Å². The third-order valence-electron chi connectivity index (χ3n) is 3.97. The molecule has 0 saturated carbocycles. The molecule has 118 valence electrons. The lowest BCUT2D eigenvalue weighted by atomic mass is 10.1. The Labute approximate surface area is 134 Å². The molecule has 2 aromatic carbocycles. The SMILES string of the molecule is COC(=O)[C@H](NC(=O)N1CCc2ccccc21)c1ccccc1. The van der Waals surface area contributed by atoms with E-state index in [0.29, 0.717) is 12.1 Å². The zero-order chi connectivity index (χ0) is 16.2. The van der Waals surface area contributed by atoms with Gasteiger partial charge in [0.05, 0.1) is 7.11 Å². The van der Waals surface area contributed by atoms with Crippen molar-refractivity contribution in [1.82, 2.24) is 5.32 Å². The molecule has 1 heterocycles. The molecular weight excluding hydrogens is 292 g/mol. The maximum Gasteiger partial charge on any atom is 0.333 e. The smallest absolute Gasteiger partial charge is 0.333 e. The largest absolute Gasteiger partial charge is 0.467 e. The van der Waals surface area contributed by atoms with E-state index in [4.69, 9.17) is 4.74 Å². The van der Waals surface area contributed by atoms with E-state index in [-0.39, 0.29) is 6.03 Å². The molecule has 23 heavy (non-hydrogen) atoms. The fourth-order valence-corrected chi connectivity index (χ4v) is 2.79. The van der Waals surface area contributed by atoms with Crippen LogP contribution in [-0.4, -0.2) is 25.7 Å². The van der Waals surface area contributed by atoms with Gasteiger partial charge >= 0.3 is 12.0 Å². The first-order valence-corrected chi connectivity index (χ1v) is 7.49. The van der Waals surface area contributed by atoms with Crippen LogP contribution in [0.2, 0.25) is 0 Å². The van der Waals surface area contributed by atoms with E-state index in [1.807, 2.05) is 42.5 Å². The van der Waals surface area contributed by atoms with Crippen LogP contribution in [0.1, 0.15) is 17.2 Å². The quantitative estimate of drug-likeness (QED) is 0.887. The number of ether oxygens (including phenoxy) is 1. The lowest BCUT2D eigenvalue weighted by Gasteiger charge is -2.22. The number of benzene rings is 2. The molecule has 1 aliphatic rings. The van der Waals surface area contributed by atoms with Gasteiger partial charge in [0, 0.05) is 12.2 Å². The van der Waals surface area contributed by atoms with Gasteiger partial charge in [0.15, 0.2) is 6.04 Å². The van der Waals surface area contributed by atoms with Gasteiger partial charge in [-0.05, 0) is 23.6 Å². The normalized spacial score (nSPS) is 14.0. The van der Waals surface area contributed by atoms with E-state index in [9.17, 15) is 9.59 Å². The average molecular weight is 310 g/mol. The maximum absolute atomic E-state index is 12.6. The number of hydrogen-bond acceptors (Lipinski definition) is 3. The summed E-state index contributed by atoms with van der Waals surface area (Å²) in [6.07, 6.45) is 0.817. The highest BCUT2D eigenvalue weighted by Crippen LogP contribution is 2.28. The summed E-state index contributed by atoms with van der Waals surface area (Å²) in [5.74, 6) is -0.489. The number of rotatable bonds is 3. The Bertz CT molecular complexity index is 715. The van der Waals surface area contributed by atoms with Crippen molar-refractivity contribution in [3.8, 4) is 0 Å². The van der Waals surface area contributed by atoms with Gasteiger partial charge in [-0.25, -0.2) is 9.59 Å². The number of urea groups is 1. The van der Waals surface area contributed by atoms with Crippen LogP contribution in [0, 0.1) is 0 Å². The molecule has 0 bridgehead atoms. The van der Waals surface area contributed by atoms with Crippen LogP contribution in [0.4, 0.5) is 10.5 Å². The molecule has 0 fully saturated rings. The van der Waals surface area contributed by atoms with Crippen molar-refractivity contribution >= 4 is 17.7 Å². The summed E-state index contributed by atoms with van der Waals surface area (Å²) in [5.41, 5.74) is 2.72. The van der Waals surface area contributed by atoms with Crippen molar-refractivity contribution in [3.63, 3.8) is 0 Å². The van der Waals surface area contributed by atoms with Crippen LogP contribution in [0.5, 0.6) is 0 Å². The summed E-state index contributed by atoms with van der Waals surface area (Å²) in [7, 11) is 1.32. The molecule has 0 radical (unpaired) electrons. The van der Waals surface area contributed by atoms with Gasteiger partial charge in [0.25, 0.3) is 0 Å². The van der Waals surface area contributed by atoms with Crippen molar-refractivity contribution in [2.24, 2.45) is 0 Å². The second-order valence-corrected chi connectivity index (χ2v) is 5.35. The minimum absolute atomic E-state index is 0.297. The lowest BCUT2D eigenvalue weighted by molar-refractivity contribution is -0.143. The number of amides is 2. The van der Waals surface area contributed by atoms with Gasteiger partial charge < -0.3 is 10.1 Å². The zero-order valence-electron chi connectivity index (χ0n) is 12.9. The van der Waals surface area contributed by atoms with E-state index >= 15 is 0 Å². The monoisotopic (exact) mass is 310 g/mol. The molecule has 1 N–H and O–H groups in total.